The number of rotatable bonds is 3. The van der Waals surface area contributed by atoms with E-state index in [4.69, 9.17) is 0 Å². The molecule has 0 heterocycles. The van der Waals surface area contributed by atoms with Crippen molar-refractivity contribution >= 4 is 0 Å². The van der Waals surface area contributed by atoms with Gasteiger partial charge in [0.1, 0.15) is 0 Å². The van der Waals surface area contributed by atoms with Crippen molar-refractivity contribution in [3.63, 3.8) is 0 Å². The minimum Gasteiger partial charge on any atom is -0.393 e. The summed E-state index contributed by atoms with van der Waals surface area (Å²) in [5.74, 6) is 1.36. The van der Waals surface area contributed by atoms with Crippen molar-refractivity contribution in [3.05, 3.63) is 12.7 Å². The van der Waals surface area contributed by atoms with Gasteiger partial charge in [-0.15, -0.1) is 6.58 Å². The number of hydrogen-bond acceptors (Lipinski definition) is 1. The molecule has 1 rings (SSSR count). The van der Waals surface area contributed by atoms with Crippen molar-refractivity contribution in [1.29, 1.82) is 0 Å². The van der Waals surface area contributed by atoms with E-state index in [0.29, 0.717) is 5.92 Å². The normalized spacial score (nSPS) is 33.6. The fourth-order valence-electron chi connectivity index (χ4n) is 1.96. The zero-order chi connectivity index (χ0) is 8.27. The molecule has 1 fully saturated rings. The Morgan fingerprint density at radius 3 is 2.82 bits per heavy atom. The maximum atomic E-state index is 9.60. The van der Waals surface area contributed by atoms with E-state index in [2.05, 4.69) is 13.5 Å². The monoisotopic (exact) mass is 154 g/mol. The number of hydrogen-bond donors (Lipinski definition) is 1. The third-order valence-electron chi connectivity index (χ3n) is 2.69. The van der Waals surface area contributed by atoms with Crippen LogP contribution in [0, 0.1) is 11.8 Å². The molecule has 0 aromatic heterocycles. The summed E-state index contributed by atoms with van der Waals surface area (Å²) < 4.78 is 0. The van der Waals surface area contributed by atoms with Gasteiger partial charge in [-0.05, 0) is 31.1 Å². The molecule has 0 saturated heterocycles. The van der Waals surface area contributed by atoms with Crippen LogP contribution in [0.15, 0.2) is 12.7 Å². The lowest BCUT2D eigenvalue weighted by atomic mass is 9.97. The number of aliphatic hydroxyl groups excluding tert-OH is 1. The summed E-state index contributed by atoms with van der Waals surface area (Å²) in [6, 6.07) is 0. The quantitative estimate of drug-likeness (QED) is 0.619. The molecule has 3 atom stereocenters. The molecule has 0 aromatic rings. The summed E-state index contributed by atoms with van der Waals surface area (Å²) in [6.07, 6.45) is 6.15. The molecule has 0 spiro atoms. The van der Waals surface area contributed by atoms with Crippen LogP contribution in [0.5, 0.6) is 0 Å². The lowest BCUT2D eigenvalue weighted by Crippen LogP contribution is -2.16. The second-order valence-electron chi connectivity index (χ2n) is 3.77. The second-order valence-corrected chi connectivity index (χ2v) is 3.77. The summed E-state index contributed by atoms with van der Waals surface area (Å²) in [6.45, 7) is 5.90. The van der Waals surface area contributed by atoms with E-state index in [-0.39, 0.29) is 6.10 Å². The van der Waals surface area contributed by atoms with Gasteiger partial charge in [-0.1, -0.05) is 19.4 Å². The summed E-state index contributed by atoms with van der Waals surface area (Å²) in [5, 5.41) is 9.60. The summed E-state index contributed by atoms with van der Waals surface area (Å²) >= 11 is 0. The first-order valence-corrected chi connectivity index (χ1v) is 4.53. The Hall–Kier alpha value is -0.300. The van der Waals surface area contributed by atoms with E-state index in [9.17, 15) is 5.11 Å². The average Bonchev–Trinajstić information content (AvgIpc) is 2.36. The van der Waals surface area contributed by atoms with E-state index >= 15 is 0 Å². The molecule has 1 N–H and O–H groups in total. The third-order valence-corrected chi connectivity index (χ3v) is 2.69. The molecule has 0 aromatic carbocycles. The van der Waals surface area contributed by atoms with Gasteiger partial charge in [-0.3, -0.25) is 0 Å². The van der Waals surface area contributed by atoms with Gasteiger partial charge in [0, 0.05) is 0 Å². The lowest BCUT2D eigenvalue weighted by Gasteiger charge is -2.15. The van der Waals surface area contributed by atoms with Crippen molar-refractivity contribution in [2.45, 2.75) is 38.7 Å². The number of aliphatic hydroxyl groups is 1. The molecule has 0 amide bonds. The Kier molecular flexibility index (Phi) is 3.13. The average molecular weight is 154 g/mol. The molecule has 1 heteroatoms. The van der Waals surface area contributed by atoms with Crippen molar-refractivity contribution < 1.29 is 5.11 Å². The molecule has 1 aliphatic rings. The van der Waals surface area contributed by atoms with E-state index in [1.165, 1.54) is 19.3 Å². The molecule has 11 heavy (non-hydrogen) atoms. The fraction of sp³-hybridized carbons (Fsp3) is 0.800. The molecule has 1 saturated carbocycles. The van der Waals surface area contributed by atoms with Crippen LogP contribution in [0.25, 0.3) is 0 Å². The first-order chi connectivity index (χ1) is 5.24. The van der Waals surface area contributed by atoms with Gasteiger partial charge < -0.3 is 5.11 Å². The van der Waals surface area contributed by atoms with Crippen LogP contribution in [-0.4, -0.2) is 11.2 Å². The maximum absolute atomic E-state index is 9.60. The van der Waals surface area contributed by atoms with Gasteiger partial charge in [0.2, 0.25) is 0 Å². The molecule has 1 aliphatic carbocycles. The Morgan fingerprint density at radius 2 is 2.36 bits per heavy atom. The first-order valence-electron chi connectivity index (χ1n) is 4.53. The highest BCUT2D eigenvalue weighted by atomic mass is 16.3. The molecular formula is C10H18O. The van der Waals surface area contributed by atoms with Crippen LogP contribution in [0.1, 0.15) is 32.6 Å². The zero-order valence-electron chi connectivity index (χ0n) is 7.29. The minimum atomic E-state index is -0.127. The van der Waals surface area contributed by atoms with Crippen molar-refractivity contribution in [2.24, 2.45) is 11.8 Å². The Labute approximate surface area is 69.1 Å². The Balaban J connectivity index is 2.30. The molecule has 1 nitrogen and oxygen atoms in total. The van der Waals surface area contributed by atoms with Crippen LogP contribution in [0.2, 0.25) is 0 Å². The van der Waals surface area contributed by atoms with E-state index < -0.39 is 0 Å². The van der Waals surface area contributed by atoms with Gasteiger partial charge in [-0.25, -0.2) is 0 Å². The molecular weight excluding hydrogens is 136 g/mol. The highest BCUT2D eigenvalue weighted by Crippen LogP contribution is 2.33. The first kappa shape index (κ1) is 8.79. The summed E-state index contributed by atoms with van der Waals surface area (Å²) in [7, 11) is 0. The van der Waals surface area contributed by atoms with Crippen LogP contribution in [0.3, 0.4) is 0 Å². The van der Waals surface area contributed by atoms with Gasteiger partial charge >= 0.3 is 0 Å². The SMILES string of the molecule is C=CCC(O)C1CCC(C)C1. The van der Waals surface area contributed by atoms with Crippen LogP contribution in [0.4, 0.5) is 0 Å². The van der Waals surface area contributed by atoms with Gasteiger partial charge in [-0.2, -0.15) is 0 Å². The van der Waals surface area contributed by atoms with E-state index in [1.807, 2.05) is 6.08 Å². The third kappa shape index (κ3) is 2.33. The van der Waals surface area contributed by atoms with E-state index in [1.54, 1.807) is 0 Å². The standard InChI is InChI=1S/C10H18O/c1-3-4-10(11)9-6-5-8(2)7-9/h3,8-11H,1,4-7H2,2H3. The molecule has 64 valence electrons. The van der Waals surface area contributed by atoms with Gasteiger partial charge in [0.05, 0.1) is 6.10 Å². The maximum Gasteiger partial charge on any atom is 0.0602 e. The highest BCUT2D eigenvalue weighted by molar-refractivity contribution is 4.82. The molecule has 0 aliphatic heterocycles. The highest BCUT2D eigenvalue weighted by Gasteiger charge is 2.26. The second kappa shape index (κ2) is 3.91. The molecule has 0 bridgehead atoms. The zero-order valence-corrected chi connectivity index (χ0v) is 7.29. The lowest BCUT2D eigenvalue weighted by molar-refractivity contribution is 0.112. The smallest absolute Gasteiger partial charge is 0.0602 e. The Bertz CT molecular complexity index is 131. The van der Waals surface area contributed by atoms with Crippen LogP contribution >= 0.6 is 0 Å². The fourth-order valence-corrected chi connectivity index (χ4v) is 1.96. The van der Waals surface area contributed by atoms with Crippen molar-refractivity contribution in [1.82, 2.24) is 0 Å². The topological polar surface area (TPSA) is 20.2 Å². The largest absolute Gasteiger partial charge is 0.393 e. The molecule has 3 unspecified atom stereocenters. The van der Waals surface area contributed by atoms with Crippen LogP contribution in [-0.2, 0) is 0 Å². The predicted molar refractivity (Wildman–Crippen MR) is 47.3 cm³/mol. The van der Waals surface area contributed by atoms with Gasteiger partial charge in [0.25, 0.3) is 0 Å². The summed E-state index contributed by atoms with van der Waals surface area (Å²) in [5.41, 5.74) is 0. The van der Waals surface area contributed by atoms with Crippen molar-refractivity contribution in [2.75, 3.05) is 0 Å². The van der Waals surface area contributed by atoms with Gasteiger partial charge in [0.15, 0.2) is 0 Å². The Morgan fingerprint density at radius 1 is 1.64 bits per heavy atom. The minimum absolute atomic E-state index is 0.127. The van der Waals surface area contributed by atoms with E-state index in [0.717, 1.165) is 12.3 Å². The molecule has 0 radical (unpaired) electrons. The van der Waals surface area contributed by atoms with Crippen molar-refractivity contribution in [3.8, 4) is 0 Å². The predicted octanol–water partition coefficient (Wildman–Crippen LogP) is 2.36. The summed E-state index contributed by atoms with van der Waals surface area (Å²) in [4.78, 5) is 0. The van der Waals surface area contributed by atoms with Crippen LogP contribution < -0.4 is 0 Å².